The Labute approximate surface area is 105 Å². The molecule has 1 saturated carbocycles. The van der Waals surface area contributed by atoms with Crippen LogP contribution >= 0.6 is 0 Å². The van der Waals surface area contributed by atoms with Crippen molar-refractivity contribution in [1.29, 1.82) is 0 Å². The predicted molar refractivity (Wildman–Crippen MR) is 59.4 cm³/mol. The van der Waals surface area contributed by atoms with Crippen LogP contribution in [0, 0.1) is 5.92 Å². The monoisotopic (exact) mass is 261 g/mol. The molecule has 0 aromatic carbocycles. The van der Waals surface area contributed by atoms with E-state index in [1.165, 1.54) is 14.0 Å². The molecule has 1 aliphatic heterocycles. The minimum Gasteiger partial charge on any atom is -0.390 e. The van der Waals surface area contributed by atoms with Gasteiger partial charge < -0.3 is 30.1 Å². The Balaban J connectivity index is 2.08. The fraction of sp³-hybridized carbons (Fsp3) is 0.909. The van der Waals surface area contributed by atoms with Gasteiger partial charge in [-0.25, -0.2) is 0 Å². The van der Waals surface area contributed by atoms with Crippen LogP contribution in [0.3, 0.4) is 0 Å². The lowest BCUT2D eigenvalue weighted by Gasteiger charge is -2.42. The zero-order valence-electron chi connectivity index (χ0n) is 10.4. The maximum absolute atomic E-state index is 10.9. The molecule has 18 heavy (non-hydrogen) atoms. The second-order valence-corrected chi connectivity index (χ2v) is 4.93. The zero-order valence-corrected chi connectivity index (χ0v) is 10.4. The van der Waals surface area contributed by atoms with Crippen LogP contribution in [0.15, 0.2) is 0 Å². The minimum atomic E-state index is -1.18. The Morgan fingerprint density at radius 2 is 2.11 bits per heavy atom. The smallest absolute Gasteiger partial charge is 0.216 e. The molecular weight excluding hydrogens is 242 g/mol. The molecule has 1 aliphatic carbocycles. The summed E-state index contributed by atoms with van der Waals surface area (Å²) < 4.78 is 10.7. The highest BCUT2D eigenvalue weighted by molar-refractivity contribution is 5.72. The molecule has 4 N–H and O–H groups in total. The van der Waals surface area contributed by atoms with Gasteiger partial charge in [-0.3, -0.25) is 4.79 Å². The first-order valence-electron chi connectivity index (χ1n) is 5.91. The van der Waals surface area contributed by atoms with Gasteiger partial charge in [0.2, 0.25) is 5.91 Å². The quantitative estimate of drug-likeness (QED) is 0.466. The van der Waals surface area contributed by atoms with Gasteiger partial charge in [0.05, 0.1) is 18.1 Å². The number of ether oxygens (including phenoxy) is 2. The molecule has 1 amide bonds. The lowest BCUT2D eigenvalue weighted by molar-refractivity contribution is -0.288. The van der Waals surface area contributed by atoms with Crippen molar-refractivity contribution in [2.24, 2.45) is 5.92 Å². The summed E-state index contributed by atoms with van der Waals surface area (Å²) in [4.78, 5) is 10.9. The number of rotatable bonds is 3. The summed E-state index contributed by atoms with van der Waals surface area (Å²) in [6.45, 7) is 1.50. The van der Waals surface area contributed by atoms with E-state index in [2.05, 4.69) is 5.32 Å². The number of methoxy groups -OCH3 is 1. The molecule has 1 spiro atoms. The van der Waals surface area contributed by atoms with E-state index >= 15 is 0 Å². The number of hydrogen-bond donors (Lipinski definition) is 4. The third-order valence-electron chi connectivity index (χ3n) is 3.68. The molecule has 7 heteroatoms. The third-order valence-corrected chi connectivity index (χ3v) is 3.68. The molecule has 6 atom stereocenters. The van der Waals surface area contributed by atoms with Gasteiger partial charge in [0.1, 0.15) is 11.7 Å². The molecule has 104 valence electrons. The number of carbonyl (C=O) groups is 1. The molecule has 2 rings (SSSR count). The van der Waals surface area contributed by atoms with E-state index in [9.17, 15) is 20.1 Å². The lowest BCUT2D eigenvalue weighted by atomic mass is 9.89. The summed E-state index contributed by atoms with van der Waals surface area (Å²) in [6, 6.07) is 0. The largest absolute Gasteiger partial charge is 0.390 e. The van der Waals surface area contributed by atoms with Gasteiger partial charge in [-0.05, 0) is 0 Å². The molecule has 2 aliphatic rings. The first-order valence-corrected chi connectivity index (χ1v) is 5.91. The molecule has 1 heterocycles. The molecule has 7 nitrogen and oxygen atoms in total. The first kappa shape index (κ1) is 13.7. The van der Waals surface area contributed by atoms with Crippen molar-refractivity contribution in [3.8, 4) is 0 Å². The minimum absolute atomic E-state index is 0.137. The maximum atomic E-state index is 10.9. The normalized spacial score (nSPS) is 47.1. The molecule has 0 aromatic heterocycles. The average molecular weight is 261 g/mol. The number of hydrogen-bond acceptors (Lipinski definition) is 6. The number of amides is 1. The van der Waals surface area contributed by atoms with Crippen LogP contribution in [0.25, 0.3) is 0 Å². The van der Waals surface area contributed by atoms with Gasteiger partial charge >= 0.3 is 0 Å². The number of aliphatic hydroxyl groups is 3. The van der Waals surface area contributed by atoms with Gasteiger partial charge in [-0.15, -0.1) is 0 Å². The summed E-state index contributed by atoms with van der Waals surface area (Å²) in [5, 5.41) is 32.1. The molecule has 0 radical (unpaired) electrons. The number of aliphatic hydroxyl groups excluding tert-OH is 3. The summed E-state index contributed by atoms with van der Waals surface area (Å²) in [5.74, 6) is -0.814. The van der Waals surface area contributed by atoms with E-state index in [1.807, 2.05) is 0 Å². The van der Waals surface area contributed by atoms with E-state index in [0.717, 1.165) is 0 Å². The van der Waals surface area contributed by atoms with Gasteiger partial charge in [-0.2, -0.15) is 0 Å². The van der Waals surface area contributed by atoms with Crippen molar-refractivity contribution in [3.63, 3.8) is 0 Å². The second kappa shape index (κ2) is 4.75. The van der Waals surface area contributed by atoms with Crippen LogP contribution in [-0.4, -0.2) is 65.1 Å². The standard InChI is InChI=1S/C11H19NO6/c1-5(13)12-4-6-8(15)9(16)11(3-7(11)14)18-10(6)17-2/h6-10,14-16H,3-4H2,1-2H3,(H,12,13)/t6?,7?,8-,9-,10?,11?/m1/s1. The molecule has 0 bridgehead atoms. The SMILES string of the molecule is COC1OC2(CC2O)[C@H](O)[C@H](O)C1CNC(C)=O. The van der Waals surface area contributed by atoms with Crippen molar-refractivity contribution < 1.29 is 29.6 Å². The molecule has 2 fully saturated rings. The topological polar surface area (TPSA) is 108 Å². The Morgan fingerprint density at radius 1 is 1.50 bits per heavy atom. The number of carbonyl (C=O) groups excluding carboxylic acids is 1. The Bertz CT molecular complexity index is 335. The summed E-state index contributed by atoms with van der Waals surface area (Å²) in [5.41, 5.74) is -1.12. The van der Waals surface area contributed by atoms with Crippen LogP contribution in [0.2, 0.25) is 0 Å². The number of nitrogens with one attached hydrogen (secondary N) is 1. The van der Waals surface area contributed by atoms with E-state index in [0.29, 0.717) is 0 Å². The van der Waals surface area contributed by atoms with Crippen molar-refractivity contribution in [2.45, 2.75) is 43.5 Å². The molecular formula is C11H19NO6. The predicted octanol–water partition coefficient (Wildman–Crippen LogP) is -2.03. The Hall–Kier alpha value is -0.730. The summed E-state index contributed by atoms with van der Waals surface area (Å²) >= 11 is 0. The van der Waals surface area contributed by atoms with E-state index in [-0.39, 0.29) is 18.9 Å². The van der Waals surface area contributed by atoms with Gasteiger partial charge in [-0.1, -0.05) is 0 Å². The van der Waals surface area contributed by atoms with Crippen LogP contribution < -0.4 is 5.32 Å². The van der Waals surface area contributed by atoms with Crippen LogP contribution in [0.5, 0.6) is 0 Å². The van der Waals surface area contributed by atoms with Crippen LogP contribution in [-0.2, 0) is 14.3 Å². The Morgan fingerprint density at radius 3 is 2.56 bits per heavy atom. The Kier molecular flexibility index (Phi) is 3.61. The summed E-state index contributed by atoms with van der Waals surface area (Å²) in [6.07, 6.45) is -3.59. The maximum Gasteiger partial charge on any atom is 0.216 e. The van der Waals surface area contributed by atoms with Crippen molar-refractivity contribution >= 4 is 5.91 Å². The van der Waals surface area contributed by atoms with Crippen LogP contribution in [0.4, 0.5) is 0 Å². The fourth-order valence-electron chi connectivity index (χ4n) is 2.45. The molecule has 4 unspecified atom stereocenters. The van der Waals surface area contributed by atoms with Crippen molar-refractivity contribution in [2.75, 3.05) is 13.7 Å². The van der Waals surface area contributed by atoms with E-state index in [4.69, 9.17) is 9.47 Å². The third kappa shape index (κ3) is 2.12. The fourth-order valence-corrected chi connectivity index (χ4v) is 2.45. The zero-order chi connectivity index (χ0) is 13.5. The van der Waals surface area contributed by atoms with Crippen LogP contribution in [0.1, 0.15) is 13.3 Å². The molecule has 0 aromatic rings. The van der Waals surface area contributed by atoms with Gasteiger partial charge in [0.15, 0.2) is 6.29 Å². The van der Waals surface area contributed by atoms with E-state index < -0.39 is 36.1 Å². The van der Waals surface area contributed by atoms with Crippen molar-refractivity contribution in [3.05, 3.63) is 0 Å². The van der Waals surface area contributed by atoms with Gasteiger partial charge in [0.25, 0.3) is 0 Å². The van der Waals surface area contributed by atoms with E-state index in [1.54, 1.807) is 0 Å². The highest BCUT2D eigenvalue weighted by Gasteiger charge is 2.67. The average Bonchev–Trinajstić information content (AvgIpc) is 2.96. The molecule has 1 saturated heterocycles. The second-order valence-electron chi connectivity index (χ2n) is 4.93. The highest BCUT2D eigenvalue weighted by Crippen LogP contribution is 2.49. The first-order chi connectivity index (χ1) is 8.42. The lowest BCUT2D eigenvalue weighted by Crippen LogP contribution is -2.60. The summed E-state index contributed by atoms with van der Waals surface area (Å²) in [7, 11) is 1.41. The van der Waals surface area contributed by atoms with Gasteiger partial charge in [0, 0.05) is 27.0 Å². The van der Waals surface area contributed by atoms with Crippen molar-refractivity contribution in [1.82, 2.24) is 5.32 Å². The highest BCUT2D eigenvalue weighted by atomic mass is 16.7.